The summed E-state index contributed by atoms with van der Waals surface area (Å²) in [5.74, 6) is -0.279. The lowest BCUT2D eigenvalue weighted by Crippen LogP contribution is -2.27. The molecule has 0 aromatic carbocycles. The second-order valence-electron chi connectivity index (χ2n) is 14.4. The molecule has 0 amide bonds. The monoisotopic (exact) mass is 713 g/mol. The van der Waals surface area contributed by atoms with Crippen LogP contribution in [0.4, 0.5) is 0 Å². The SMILES string of the molecule is CC/C=C\C/C=C\C/C=C\C/C=C\CCC(=O)OC(CO)COCCCCCCCCCCCCCCCC/C=C\CCCCCCCCCC. The third-order valence-electron chi connectivity index (χ3n) is 9.34. The van der Waals surface area contributed by atoms with Gasteiger partial charge in [0.25, 0.3) is 0 Å². The summed E-state index contributed by atoms with van der Waals surface area (Å²) in [7, 11) is 0. The molecule has 0 aromatic rings. The van der Waals surface area contributed by atoms with Gasteiger partial charge in [-0.15, -0.1) is 0 Å². The summed E-state index contributed by atoms with van der Waals surface area (Å²) in [5.41, 5.74) is 0. The van der Waals surface area contributed by atoms with E-state index in [1.807, 2.05) is 6.08 Å². The van der Waals surface area contributed by atoms with Gasteiger partial charge in [-0.25, -0.2) is 0 Å². The number of hydrogen-bond donors (Lipinski definition) is 1. The Balaban J connectivity index is 3.43. The number of aliphatic hydroxyl groups is 1. The highest BCUT2D eigenvalue weighted by Crippen LogP contribution is 2.14. The van der Waals surface area contributed by atoms with Crippen LogP contribution in [0.3, 0.4) is 0 Å². The van der Waals surface area contributed by atoms with E-state index in [1.54, 1.807) is 0 Å². The maximum atomic E-state index is 12.1. The van der Waals surface area contributed by atoms with E-state index in [2.05, 4.69) is 68.5 Å². The normalized spacial score (nSPS) is 12.9. The number of aliphatic hydroxyl groups excluding tert-OH is 1. The largest absolute Gasteiger partial charge is 0.457 e. The van der Waals surface area contributed by atoms with E-state index in [-0.39, 0.29) is 19.2 Å². The number of ether oxygens (including phenoxy) is 2. The van der Waals surface area contributed by atoms with Crippen LogP contribution >= 0.6 is 0 Å². The van der Waals surface area contributed by atoms with Crippen molar-refractivity contribution in [3.8, 4) is 0 Å². The van der Waals surface area contributed by atoms with Crippen LogP contribution in [-0.2, 0) is 14.3 Å². The molecule has 0 aliphatic carbocycles. The fourth-order valence-electron chi connectivity index (χ4n) is 6.10. The van der Waals surface area contributed by atoms with E-state index in [0.29, 0.717) is 19.4 Å². The maximum Gasteiger partial charge on any atom is 0.306 e. The van der Waals surface area contributed by atoms with E-state index < -0.39 is 6.10 Å². The second-order valence-corrected chi connectivity index (χ2v) is 14.4. The van der Waals surface area contributed by atoms with Gasteiger partial charge in [0.05, 0.1) is 13.2 Å². The van der Waals surface area contributed by atoms with Crippen molar-refractivity contribution in [3.63, 3.8) is 0 Å². The van der Waals surface area contributed by atoms with E-state index in [4.69, 9.17) is 9.47 Å². The Morgan fingerprint density at radius 2 is 0.882 bits per heavy atom. The third kappa shape index (κ3) is 42.4. The predicted octanol–water partition coefficient (Wildman–Crippen LogP) is 14.4. The van der Waals surface area contributed by atoms with Gasteiger partial charge in [0.15, 0.2) is 0 Å². The summed E-state index contributed by atoms with van der Waals surface area (Å²) in [5, 5.41) is 9.57. The fraction of sp³-hybridized carbons (Fsp3) is 0.766. The Bertz CT molecular complexity index is 839. The molecule has 51 heavy (non-hydrogen) atoms. The van der Waals surface area contributed by atoms with Crippen molar-refractivity contribution in [1.29, 1.82) is 0 Å². The topological polar surface area (TPSA) is 55.8 Å². The van der Waals surface area contributed by atoms with Crippen LogP contribution < -0.4 is 0 Å². The third-order valence-corrected chi connectivity index (χ3v) is 9.34. The Kier molecular flexibility index (Phi) is 42.6. The average Bonchev–Trinajstić information content (AvgIpc) is 3.14. The zero-order valence-corrected chi connectivity index (χ0v) is 33.9. The van der Waals surface area contributed by atoms with Crippen LogP contribution in [0.2, 0.25) is 0 Å². The minimum absolute atomic E-state index is 0.201. The summed E-state index contributed by atoms with van der Waals surface area (Å²) in [4.78, 5) is 12.1. The minimum Gasteiger partial charge on any atom is -0.457 e. The van der Waals surface area contributed by atoms with Crippen LogP contribution in [0.5, 0.6) is 0 Å². The lowest BCUT2D eigenvalue weighted by molar-refractivity contribution is -0.154. The first-order valence-electron chi connectivity index (χ1n) is 21.9. The molecule has 1 N–H and O–H groups in total. The lowest BCUT2D eigenvalue weighted by atomic mass is 10.0. The van der Waals surface area contributed by atoms with E-state index in [0.717, 1.165) is 32.1 Å². The average molecular weight is 713 g/mol. The van der Waals surface area contributed by atoms with Gasteiger partial charge in [-0.1, -0.05) is 197 Å². The van der Waals surface area contributed by atoms with Crippen molar-refractivity contribution in [2.75, 3.05) is 19.8 Å². The maximum absolute atomic E-state index is 12.1. The number of unbranched alkanes of at least 4 members (excludes halogenated alkanes) is 22. The highest BCUT2D eigenvalue weighted by molar-refractivity contribution is 5.69. The smallest absolute Gasteiger partial charge is 0.306 e. The first kappa shape index (κ1) is 49.1. The van der Waals surface area contributed by atoms with Crippen LogP contribution in [-0.4, -0.2) is 37.0 Å². The van der Waals surface area contributed by atoms with Crippen molar-refractivity contribution < 1.29 is 19.4 Å². The first-order chi connectivity index (χ1) is 25.2. The van der Waals surface area contributed by atoms with E-state index >= 15 is 0 Å². The summed E-state index contributed by atoms with van der Waals surface area (Å²) < 4.78 is 11.1. The van der Waals surface area contributed by atoms with Gasteiger partial charge in [0, 0.05) is 13.0 Å². The lowest BCUT2D eigenvalue weighted by Gasteiger charge is -2.15. The number of rotatable bonds is 40. The summed E-state index contributed by atoms with van der Waals surface area (Å²) in [6.45, 7) is 5.16. The first-order valence-corrected chi connectivity index (χ1v) is 21.9. The second kappa shape index (κ2) is 44.3. The van der Waals surface area contributed by atoms with Crippen LogP contribution in [0.1, 0.15) is 206 Å². The van der Waals surface area contributed by atoms with Gasteiger partial charge in [0.2, 0.25) is 0 Å². The number of allylic oxidation sites excluding steroid dienone is 10. The number of carbonyl (C=O) groups is 1. The van der Waals surface area contributed by atoms with Crippen LogP contribution in [0, 0.1) is 0 Å². The molecule has 0 rings (SSSR count). The molecule has 0 spiro atoms. The van der Waals surface area contributed by atoms with Crippen molar-refractivity contribution in [3.05, 3.63) is 60.8 Å². The number of esters is 1. The van der Waals surface area contributed by atoms with Gasteiger partial charge < -0.3 is 14.6 Å². The Morgan fingerprint density at radius 1 is 0.490 bits per heavy atom. The molecule has 0 fully saturated rings. The molecule has 1 unspecified atom stereocenters. The molecule has 0 aliphatic rings. The molecular weight excluding hydrogens is 629 g/mol. The molecule has 1 atom stereocenters. The zero-order chi connectivity index (χ0) is 37.0. The predicted molar refractivity (Wildman–Crippen MR) is 223 cm³/mol. The van der Waals surface area contributed by atoms with E-state index in [1.165, 1.54) is 148 Å². The van der Waals surface area contributed by atoms with Gasteiger partial charge in [-0.3, -0.25) is 4.79 Å². The van der Waals surface area contributed by atoms with Gasteiger partial charge in [0.1, 0.15) is 6.10 Å². The standard InChI is InChI=1S/C47H84O4/c1-3-5-7-9-11-13-15-17-18-19-20-21-22-23-24-25-26-27-28-29-31-33-35-37-39-41-43-50-45-46(44-48)51-47(49)42-40-38-36-34-32-30-16-14-12-10-8-6-4-2/h6,8,12,14,19-20,30,32,36,38,46,48H,3-5,7,9-11,13,15-18,21-29,31,33-35,37,39-45H2,1-2H3/b8-6-,14-12-,20-19-,32-30-,38-36-. The number of carbonyl (C=O) groups excluding carboxylic acids is 1. The Hall–Kier alpha value is -1.91. The quantitative estimate of drug-likeness (QED) is 0.0390. The summed E-state index contributed by atoms with van der Waals surface area (Å²) in [6, 6.07) is 0. The fourth-order valence-corrected chi connectivity index (χ4v) is 6.10. The molecule has 296 valence electrons. The molecule has 4 heteroatoms. The van der Waals surface area contributed by atoms with Crippen LogP contribution in [0.25, 0.3) is 0 Å². The summed E-state index contributed by atoms with van der Waals surface area (Å²) in [6.07, 6.45) is 58.8. The van der Waals surface area contributed by atoms with Crippen molar-refractivity contribution in [2.45, 2.75) is 213 Å². The molecule has 0 saturated heterocycles. The number of hydrogen-bond acceptors (Lipinski definition) is 4. The van der Waals surface area contributed by atoms with Gasteiger partial charge in [-0.05, 0) is 64.2 Å². The van der Waals surface area contributed by atoms with Gasteiger partial charge in [-0.2, -0.15) is 0 Å². The molecule has 0 heterocycles. The molecule has 0 radical (unpaired) electrons. The molecule has 0 bridgehead atoms. The Morgan fingerprint density at radius 3 is 1.33 bits per heavy atom. The highest BCUT2D eigenvalue weighted by Gasteiger charge is 2.13. The highest BCUT2D eigenvalue weighted by atomic mass is 16.6. The summed E-state index contributed by atoms with van der Waals surface area (Å²) >= 11 is 0. The molecule has 4 nitrogen and oxygen atoms in total. The molecule has 0 aliphatic heterocycles. The zero-order valence-electron chi connectivity index (χ0n) is 33.9. The molecular formula is C47H84O4. The van der Waals surface area contributed by atoms with Crippen molar-refractivity contribution in [1.82, 2.24) is 0 Å². The van der Waals surface area contributed by atoms with E-state index in [9.17, 15) is 9.90 Å². The minimum atomic E-state index is -0.573. The van der Waals surface area contributed by atoms with Crippen molar-refractivity contribution >= 4 is 5.97 Å². The molecule has 0 saturated carbocycles. The van der Waals surface area contributed by atoms with Crippen molar-refractivity contribution in [2.24, 2.45) is 0 Å². The Labute approximate surface area is 317 Å². The molecule has 0 aromatic heterocycles. The van der Waals surface area contributed by atoms with Gasteiger partial charge >= 0.3 is 5.97 Å². The van der Waals surface area contributed by atoms with Crippen LogP contribution in [0.15, 0.2) is 60.8 Å².